The number of hydrogen-bond donors (Lipinski definition) is 1. The van der Waals surface area contributed by atoms with Crippen molar-refractivity contribution in [2.45, 2.75) is 19.4 Å². The van der Waals surface area contributed by atoms with Crippen LogP contribution < -0.4 is 5.32 Å². The Morgan fingerprint density at radius 3 is 2.85 bits per heavy atom. The van der Waals surface area contributed by atoms with E-state index in [0.717, 1.165) is 32.6 Å². The summed E-state index contributed by atoms with van der Waals surface area (Å²) in [4.78, 5) is 30.4. The Morgan fingerprint density at radius 2 is 2.08 bits per heavy atom. The fourth-order valence-corrected chi connectivity index (χ4v) is 3.48. The first-order valence-corrected chi connectivity index (χ1v) is 9.37. The average molecular weight is 364 g/mol. The number of amides is 3. The van der Waals surface area contributed by atoms with E-state index >= 15 is 0 Å². The molecule has 2 aliphatic heterocycles. The summed E-state index contributed by atoms with van der Waals surface area (Å²) in [6.45, 7) is 8.26. The van der Waals surface area contributed by atoms with Crippen LogP contribution in [0.15, 0.2) is 22.8 Å². The third kappa shape index (κ3) is 4.76. The molecule has 2 fully saturated rings. The van der Waals surface area contributed by atoms with Crippen LogP contribution in [0.1, 0.15) is 23.9 Å². The minimum Gasteiger partial charge on any atom is -0.459 e. The normalized spacial score (nSPS) is 22.1. The standard InChI is InChI=1S/C18H28N4O4/c1-2-19-18(24)22-10-12-25-15(14-22)13-20-6-4-7-21(9-8-20)17(23)16-5-3-11-26-16/h3,5,11,15H,2,4,6-10,12-14H2,1H3,(H,19,24). The van der Waals surface area contributed by atoms with Crippen LogP contribution in [-0.2, 0) is 4.74 Å². The second-order valence-corrected chi connectivity index (χ2v) is 6.70. The lowest BCUT2D eigenvalue weighted by Gasteiger charge is -2.35. The molecular weight excluding hydrogens is 336 g/mol. The van der Waals surface area contributed by atoms with Gasteiger partial charge in [0.05, 0.1) is 19.0 Å². The molecule has 0 bridgehead atoms. The molecule has 1 unspecified atom stereocenters. The van der Waals surface area contributed by atoms with Gasteiger partial charge in [-0.05, 0) is 32.0 Å². The number of urea groups is 1. The highest BCUT2D eigenvalue weighted by Crippen LogP contribution is 2.12. The van der Waals surface area contributed by atoms with Crippen molar-refractivity contribution in [3.63, 3.8) is 0 Å². The van der Waals surface area contributed by atoms with E-state index < -0.39 is 0 Å². The first kappa shape index (κ1) is 18.7. The number of ether oxygens (including phenoxy) is 1. The maximum Gasteiger partial charge on any atom is 0.317 e. The van der Waals surface area contributed by atoms with Gasteiger partial charge in [0.1, 0.15) is 0 Å². The molecule has 0 aliphatic carbocycles. The summed E-state index contributed by atoms with van der Waals surface area (Å²) in [5, 5.41) is 2.85. The Bertz CT molecular complexity index is 592. The van der Waals surface area contributed by atoms with Gasteiger partial charge in [-0.3, -0.25) is 9.69 Å². The Hall–Kier alpha value is -2.06. The number of nitrogens with zero attached hydrogens (tertiary/aromatic N) is 3. The van der Waals surface area contributed by atoms with Crippen LogP contribution in [0.25, 0.3) is 0 Å². The minimum absolute atomic E-state index is 0.0127. The summed E-state index contributed by atoms with van der Waals surface area (Å²) in [6.07, 6.45) is 2.45. The number of morpholine rings is 1. The highest BCUT2D eigenvalue weighted by molar-refractivity contribution is 5.91. The molecule has 0 radical (unpaired) electrons. The molecule has 3 rings (SSSR count). The summed E-state index contributed by atoms with van der Waals surface area (Å²) >= 11 is 0. The summed E-state index contributed by atoms with van der Waals surface area (Å²) in [5.41, 5.74) is 0. The van der Waals surface area contributed by atoms with Crippen LogP contribution in [-0.4, -0.2) is 91.7 Å². The quantitative estimate of drug-likeness (QED) is 0.857. The topological polar surface area (TPSA) is 78.3 Å². The van der Waals surface area contributed by atoms with Gasteiger partial charge in [0.2, 0.25) is 0 Å². The van der Waals surface area contributed by atoms with Crippen LogP contribution in [0.3, 0.4) is 0 Å². The van der Waals surface area contributed by atoms with Crippen molar-refractivity contribution >= 4 is 11.9 Å². The molecule has 1 N–H and O–H groups in total. The first-order chi connectivity index (χ1) is 12.7. The number of furan rings is 1. The van der Waals surface area contributed by atoms with Gasteiger partial charge in [0, 0.05) is 45.8 Å². The van der Waals surface area contributed by atoms with E-state index in [9.17, 15) is 9.59 Å². The summed E-state index contributed by atoms with van der Waals surface area (Å²) in [5.74, 6) is 0.347. The molecule has 1 atom stereocenters. The molecule has 2 aliphatic rings. The number of carbonyl (C=O) groups is 2. The van der Waals surface area contributed by atoms with Gasteiger partial charge in [-0.25, -0.2) is 4.79 Å². The van der Waals surface area contributed by atoms with Gasteiger partial charge < -0.3 is 24.3 Å². The van der Waals surface area contributed by atoms with Crippen LogP contribution in [0.5, 0.6) is 0 Å². The van der Waals surface area contributed by atoms with Crippen LogP contribution in [0.4, 0.5) is 4.79 Å². The molecule has 1 aromatic rings. The molecule has 0 spiro atoms. The Kier molecular flexibility index (Phi) is 6.51. The van der Waals surface area contributed by atoms with Gasteiger partial charge in [-0.1, -0.05) is 0 Å². The van der Waals surface area contributed by atoms with Crippen molar-refractivity contribution in [3.05, 3.63) is 24.2 Å². The van der Waals surface area contributed by atoms with Crippen molar-refractivity contribution in [1.82, 2.24) is 20.0 Å². The monoisotopic (exact) mass is 364 g/mol. The van der Waals surface area contributed by atoms with Crippen LogP contribution in [0.2, 0.25) is 0 Å². The lowest BCUT2D eigenvalue weighted by molar-refractivity contribution is -0.0298. The summed E-state index contributed by atoms with van der Waals surface area (Å²) in [6, 6.07) is 3.42. The van der Waals surface area contributed by atoms with Gasteiger partial charge in [0.15, 0.2) is 5.76 Å². The van der Waals surface area contributed by atoms with Crippen molar-refractivity contribution in [1.29, 1.82) is 0 Å². The number of rotatable bonds is 4. The largest absolute Gasteiger partial charge is 0.459 e. The first-order valence-electron chi connectivity index (χ1n) is 9.37. The third-order valence-electron chi connectivity index (χ3n) is 4.82. The van der Waals surface area contributed by atoms with Crippen LogP contribution in [0, 0.1) is 0 Å². The zero-order valence-corrected chi connectivity index (χ0v) is 15.4. The molecule has 0 saturated carbocycles. The van der Waals surface area contributed by atoms with E-state index in [4.69, 9.17) is 9.15 Å². The highest BCUT2D eigenvalue weighted by Gasteiger charge is 2.27. The second-order valence-electron chi connectivity index (χ2n) is 6.70. The van der Waals surface area contributed by atoms with Gasteiger partial charge >= 0.3 is 6.03 Å². The predicted molar refractivity (Wildman–Crippen MR) is 96.1 cm³/mol. The number of carbonyl (C=O) groups excluding carboxylic acids is 2. The molecule has 8 heteroatoms. The Labute approximate surface area is 154 Å². The Morgan fingerprint density at radius 1 is 1.19 bits per heavy atom. The molecule has 144 valence electrons. The smallest absolute Gasteiger partial charge is 0.317 e. The molecule has 0 aromatic carbocycles. The van der Waals surface area contributed by atoms with Crippen LogP contribution >= 0.6 is 0 Å². The van der Waals surface area contributed by atoms with E-state index in [1.807, 2.05) is 16.7 Å². The molecular formula is C18H28N4O4. The third-order valence-corrected chi connectivity index (χ3v) is 4.82. The molecule has 2 saturated heterocycles. The second kappa shape index (κ2) is 9.05. The van der Waals surface area contributed by atoms with E-state index in [-0.39, 0.29) is 18.0 Å². The molecule has 8 nitrogen and oxygen atoms in total. The fraction of sp³-hybridized carbons (Fsp3) is 0.667. The zero-order chi connectivity index (χ0) is 18.4. The van der Waals surface area contributed by atoms with Crippen molar-refractivity contribution in [3.8, 4) is 0 Å². The SMILES string of the molecule is CCNC(=O)N1CCOC(CN2CCCN(C(=O)c3ccco3)CC2)C1. The maximum atomic E-state index is 12.4. The Balaban J connectivity index is 1.48. The molecule has 26 heavy (non-hydrogen) atoms. The number of hydrogen-bond acceptors (Lipinski definition) is 5. The molecule has 1 aromatic heterocycles. The zero-order valence-electron chi connectivity index (χ0n) is 15.4. The van der Waals surface area contributed by atoms with E-state index in [1.165, 1.54) is 6.26 Å². The molecule has 3 amide bonds. The van der Waals surface area contributed by atoms with Gasteiger partial charge in [-0.15, -0.1) is 0 Å². The van der Waals surface area contributed by atoms with Gasteiger partial charge in [0.25, 0.3) is 5.91 Å². The highest BCUT2D eigenvalue weighted by atomic mass is 16.5. The summed E-state index contributed by atoms with van der Waals surface area (Å²) < 4.78 is 11.1. The van der Waals surface area contributed by atoms with Crippen molar-refractivity contribution in [2.75, 3.05) is 59.0 Å². The van der Waals surface area contributed by atoms with E-state index in [2.05, 4.69) is 10.2 Å². The average Bonchev–Trinajstić information content (AvgIpc) is 3.09. The predicted octanol–water partition coefficient (Wildman–Crippen LogP) is 0.858. The number of nitrogens with one attached hydrogen (secondary N) is 1. The fourth-order valence-electron chi connectivity index (χ4n) is 3.48. The lowest BCUT2D eigenvalue weighted by atomic mass is 10.2. The molecule has 3 heterocycles. The van der Waals surface area contributed by atoms with E-state index in [0.29, 0.717) is 38.5 Å². The van der Waals surface area contributed by atoms with Gasteiger partial charge in [-0.2, -0.15) is 0 Å². The lowest BCUT2D eigenvalue weighted by Crippen LogP contribution is -2.52. The van der Waals surface area contributed by atoms with E-state index in [1.54, 1.807) is 12.1 Å². The maximum absolute atomic E-state index is 12.4. The minimum atomic E-state index is -0.0480. The van der Waals surface area contributed by atoms with Crippen molar-refractivity contribution in [2.24, 2.45) is 0 Å². The van der Waals surface area contributed by atoms with Crippen molar-refractivity contribution < 1.29 is 18.7 Å². The summed E-state index contributed by atoms with van der Waals surface area (Å²) in [7, 11) is 0.